The molecule has 3 nitrogen and oxygen atoms in total. The second kappa shape index (κ2) is 7.12. The molecule has 1 aromatic rings. The number of carboxylic acids is 1. The van der Waals surface area contributed by atoms with Gasteiger partial charge in [-0.2, -0.15) is 0 Å². The van der Waals surface area contributed by atoms with Crippen molar-refractivity contribution < 1.29 is 14.7 Å². The highest BCUT2D eigenvalue weighted by Gasteiger charge is 2.39. The van der Waals surface area contributed by atoms with Gasteiger partial charge in [-0.05, 0) is 49.3 Å². The minimum atomic E-state index is -0.877. The molecule has 1 aromatic carbocycles. The van der Waals surface area contributed by atoms with Crippen molar-refractivity contribution in [2.75, 3.05) is 0 Å². The number of Topliss-reactive ketones (excluding diaryl/α,β-unsaturated/α-hetero) is 1. The molecule has 1 aliphatic rings. The maximum Gasteiger partial charge on any atom is 0.307 e. The van der Waals surface area contributed by atoms with Crippen LogP contribution in [0, 0.1) is 18.8 Å². The number of aryl methyl sites for hydroxylation is 3. The first-order valence-electron chi connectivity index (χ1n) is 8.40. The van der Waals surface area contributed by atoms with Crippen LogP contribution in [0.2, 0.25) is 0 Å². The maximum atomic E-state index is 12.8. The number of carboxylic acid groups (broad SMARTS) is 1. The van der Waals surface area contributed by atoms with E-state index in [-0.39, 0.29) is 5.78 Å². The Labute approximate surface area is 138 Å². The molecule has 0 bridgehead atoms. The summed E-state index contributed by atoms with van der Waals surface area (Å²) < 4.78 is 0. The summed E-state index contributed by atoms with van der Waals surface area (Å²) in [5, 5.41) is 9.36. The second-order valence-electron chi connectivity index (χ2n) is 6.62. The van der Waals surface area contributed by atoms with Crippen LogP contribution in [-0.2, 0) is 28.9 Å². The van der Waals surface area contributed by atoms with E-state index < -0.39 is 17.8 Å². The van der Waals surface area contributed by atoms with Crippen LogP contribution in [0.1, 0.15) is 48.9 Å². The van der Waals surface area contributed by atoms with Gasteiger partial charge in [0.15, 0.2) is 0 Å². The van der Waals surface area contributed by atoms with Gasteiger partial charge < -0.3 is 5.11 Å². The standard InChI is InChI=1S/C20H26O3/c1-5-14-7-12(3)8-15(6-2)16(14)11-19(21)17-9-13(4)10-18(17)20(22)23/h7-8,17-18H,4-6,9-11H2,1-3H3,(H,22,23). The van der Waals surface area contributed by atoms with Crippen molar-refractivity contribution in [2.45, 2.75) is 52.9 Å². The first-order chi connectivity index (χ1) is 10.9. The number of aliphatic carboxylic acids is 1. The van der Waals surface area contributed by atoms with Crippen molar-refractivity contribution >= 4 is 11.8 Å². The van der Waals surface area contributed by atoms with Crippen LogP contribution in [0.4, 0.5) is 0 Å². The minimum Gasteiger partial charge on any atom is -0.481 e. The van der Waals surface area contributed by atoms with Crippen molar-refractivity contribution in [3.8, 4) is 0 Å². The molecule has 124 valence electrons. The third kappa shape index (κ3) is 3.72. The highest BCUT2D eigenvalue weighted by molar-refractivity contribution is 5.89. The minimum absolute atomic E-state index is 0.0457. The number of carbonyl (C=O) groups is 2. The zero-order valence-electron chi connectivity index (χ0n) is 14.3. The van der Waals surface area contributed by atoms with E-state index in [1.165, 1.54) is 16.7 Å². The van der Waals surface area contributed by atoms with E-state index >= 15 is 0 Å². The summed E-state index contributed by atoms with van der Waals surface area (Å²) in [6.45, 7) is 10.2. The maximum absolute atomic E-state index is 12.8. The fraction of sp³-hybridized carbons (Fsp3) is 0.500. The van der Waals surface area contributed by atoms with E-state index in [9.17, 15) is 14.7 Å². The van der Waals surface area contributed by atoms with Gasteiger partial charge in [0.2, 0.25) is 0 Å². The molecule has 1 aliphatic carbocycles. The van der Waals surface area contributed by atoms with Crippen molar-refractivity contribution in [1.82, 2.24) is 0 Å². The van der Waals surface area contributed by atoms with Crippen LogP contribution in [0.3, 0.4) is 0 Å². The van der Waals surface area contributed by atoms with Crippen molar-refractivity contribution in [3.05, 3.63) is 46.5 Å². The van der Waals surface area contributed by atoms with E-state index in [1.54, 1.807) is 0 Å². The molecule has 23 heavy (non-hydrogen) atoms. The Hall–Kier alpha value is -1.90. The molecule has 2 rings (SSSR count). The van der Waals surface area contributed by atoms with E-state index in [1.807, 2.05) is 0 Å². The molecule has 0 saturated heterocycles. The summed E-state index contributed by atoms with van der Waals surface area (Å²) in [4.78, 5) is 24.2. The average molecular weight is 314 g/mol. The fourth-order valence-electron chi connectivity index (χ4n) is 3.72. The molecule has 3 heteroatoms. The van der Waals surface area contributed by atoms with Crippen LogP contribution in [0.5, 0.6) is 0 Å². The lowest BCUT2D eigenvalue weighted by Crippen LogP contribution is -2.27. The predicted molar refractivity (Wildman–Crippen MR) is 91.6 cm³/mol. The van der Waals surface area contributed by atoms with Gasteiger partial charge in [-0.25, -0.2) is 0 Å². The molecule has 2 unspecified atom stereocenters. The number of hydrogen-bond acceptors (Lipinski definition) is 2. The lowest BCUT2D eigenvalue weighted by Gasteiger charge is -2.18. The van der Waals surface area contributed by atoms with Crippen molar-refractivity contribution in [1.29, 1.82) is 0 Å². The van der Waals surface area contributed by atoms with Crippen LogP contribution in [0.15, 0.2) is 24.3 Å². The van der Waals surface area contributed by atoms with Crippen molar-refractivity contribution in [2.24, 2.45) is 11.8 Å². The summed E-state index contributed by atoms with van der Waals surface area (Å²) >= 11 is 0. The molecule has 1 fully saturated rings. The number of carbonyl (C=O) groups excluding carboxylic acids is 1. The summed E-state index contributed by atoms with van der Waals surface area (Å²) in [6, 6.07) is 4.29. The Bertz CT molecular complexity index is 617. The van der Waals surface area contributed by atoms with Gasteiger partial charge in [0.25, 0.3) is 0 Å². The molecule has 0 spiro atoms. The predicted octanol–water partition coefficient (Wildman–Crippen LogP) is 3.90. The molecule has 2 atom stereocenters. The highest BCUT2D eigenvalue weighted by Crippen LogP contribution is 2.37. The first-order valence-corrected chi connectivity index (χ1v) is 8.40. The monoisotopic (exact) mass is 314 g/mol. The zero-order valence-corrected chi connectivity index (χ0v) is 14.3. The van der Waals surface area contributed by atoms with Crippen LogP contribution in [-0.4, -0.2) is 16.9 Å². The van der Waals surface area contributed by atoms with Gasteiger partial charge in [-0.1, -0.05) is 43.7 Å². The molecule has 1 saturated carbocycles. The van der Waals surface area contributed by atoms with E-state index in [0.29, 0.717) is 19.3 Å². The number of benzene rings is 1. The molecular formula is C20H26O3. The van der Waals surface area contributed by atoms with Crippen LogP contribution in [0.25, 0.3) is 0 Å². The third-order valence-corrected chi connectivity index (χ3v) is 4.93. The van der Waals surface area contributed by atoms with Gasteiger partial charge >= 0.3 is 5.97 Å². The second-order valence-corrected chi connectivity index (χ2v) is 6.62. The van der Waals surface area contributed by atoms with E-state index in [4.69, 9.17) is 0 Å². The van der Waals surface area contributed by atoms with Gasteiger partial charge in [-0.3, -0.25) is 9.59 Å². The highest BCUT2D eigenvalue weighted by atomic mass is 16.4. The van der Waals surface area contributed by atoms with E-state index in [0.717, 1.165) is 24.0 Å². The lowest BCUT2D eigenvalue weighted by molar-refractivity contribution is -0.145. The summed E-state index contributed by atoms with van der Waals surface area (Å²) in [5.74, 6) is -1.85. The largest absolute Gasteiger partial charge is 0.481 e. The molecule has 0 radical (unpaired) electrons. The summed E-state index contributed by atoms with van der Waals surface area (Å²) in [6.07, 6.45) is 3.06. The smallest absolute Gasteiger partial charge is 0.307 e. The quantitative estimate of drug-likeness (QED) is 0.810. The molecule has 0 amide bonds. The number of rotatable bonds is 6. The molecular weight excluding hydrogens is 288 g/mol. The number of hydrogen-bond donors (Lipinski definition) is 1. The van der Waals surface area contributed by atoms with Gasteiger partial charge in [0.05, 0.1) is 5.92 Å². The van der Waals surface area contributed by atoms with Crippen molar-refractivity contribution in [3.63, 3.8) is 0 Å². The Morgan fingerprint density at radius 1 is 1.13 bits per heavy atom. The molecule has 1 N–H and O–H groups in total. The molecule has 0 heterocycles. The zero-order chi connectivity index (χ0) is 17.1. The summed E-state index contributed by atoms with van der Waals surface area (Å²) in [5.41, 5.74) is 5.61. The molecule has 0 aromatic heterocycles. The Morgan fingerprint density at radius 3 is 2.13 bits per heavy atom. The number of ketones is 1. The third-order valence-electron chi connectivity index (χ3n) is 4.93. The molecule has 0 aliphatic heterocycles. The normalized spacial score (nSPS) is 20.7. The van der Waals surface area contributed by atoms with Gasteiger partial charge in [0, 0.05) is 12.3 Å². The average Bonchev–Trinajstić information content (AvgIpc) is 2.90. The van der Waals surface area contributed by atoms with Crippen LogP contribution >= 0.6 is 0 Å². The number of allylic oxidation sites excluding steroid dienone is 1. The first kappa shape index (κ1) is 17.5. The van der Waals surface area contributed by atoms with Gasteiger partial charge in [-0.15, -0.1) is 0 Å². The van der Waals surface area contributed by atoms with Crippen LogP contribution < -0.4 is 0 Å². The Balaban J connectivity index is 2.30. The fourth-order valence-corrected chi connectivity index (χ4v) is 3.72. The van der Waals surface area contributed by atoms with Gasteiger partial charge in [0.1, 0.15) is 5.78 Å². The van der Waals surface area contributed by atoms with E-state index in [2.05, 4.69) is 39.5 Å². The Morgan fingerprint density at radius 2 is 1.65 bits per heavy atom. The SMILES string of the molecule is C=C1CC(C(=O)O)C(C(=O)Cc2c(CC)cc(C)cc2CC)C1. The lowest BCUT2D eigenvalue weighted by atomic mass is 9.85. The topological polar surface area (TPSA) is 54.4 Å². The Kier molecular flexibility index (Phi) is 5.40. The summed E-state index contributed by atoms with van der Waals surface area (Å²) in [7, 11) is 0.